The maximum atomic E-state index is 12.1. The lowest BCUT2D eigenvalue weighted by Gasteiger charge is -2.32. The molecule has 1 aromatic rings. The van der Waals surface area contributed by atoms with E-state index in [1.807, 2.05) is 6.07 Å². The molecule has 0 bridgehead atoms. The highest BCUT2D eigenvalue weighted by molar-refractivity contribution is 5.97. The Hall–Kier alpha value is -2.28. The molecule has 23 heavy (non-hydrogen) atoms. The summed E-state index contributed by atoms with van der Waals surface area (Å²) in [7, 11) is 0. The van der Waals surface area contributed by atoms with Crippen molar-refractivity contribution >= 4 is 23.4 Å². The van der Waals surface area contributed by atoms with Gasteiger partial charge in [-0.3, -0.25) is 9.69 Å². The first-order chi connectivity index (χ1) is 11.2. The highest BCUT2D eigenvalue weighted by Crippen LogP contribution is 2.41. The molecule has 0 unspecified atom stereocenters. The summed E-state index contributed by atoms with van der Waals surface area (Å²) in [5, 5.41) is 9.31. The lowest BCUT2D eigenvalue weighted by Crippen LogP contribution is -2.45. The van der Waals surface area contributed by atoms with Gasteiger partial charge in [0.1, 0.15) is 18.4 Å². The van der Waals surface area contributed by atoms with E-state index in [2.05, 4.69) is 0 Å². The number of fused-ring (bicyclic) bond motifs is 3. The van der Waals surface area contributed by atoms with Crippen LogP contribution >= 0.6 is 0 Å². The predicted octanol–water partition coefficient (Wildman–Crippen LogP) is 1.28. The lowest BCUT2D eigenvalue weighted by molar-refractivity contribution is -0.119. The minimum atomic E-state index is -0.570. The molecule has 7 heteroatoms. The standard InChI is InChI=1S/C16H18N2O5/c19-8-14-12-9-22-13-7-10(17-6-2-1-3-15(17)20)4-5-11(13)18(12)16(21)23-14/h4-5,7,12,14,19H,1-3,6,8-9H2/t12-,14-/m0/s1. The highest BCUT2D eigenvalue weighted by atomic mass is 16.6. The molecule has 1 N–H and O–H groups in total. The third kappa shape index (κ3) is 2.23. The minimum Gasteiger partial charge on any atom is -0.489 e. The van der Waals surface area contributed by atoms with Crippen molar-refractivity contribution in [3.05, 3.63) is 18.2 Å². The summed E-state index contributed by atoms with van der Waals surface area (Å²) in [6.07, 6.45) is 1.44. The van der Waals surface area contributed by atoms with Crippen LogP contribution in [-0.4, -0.2) is 49.0 Å². The maximum absolute atomic E-state index is 12.1. The van der Waals surface area contributed by atoms with Crippen molar-refractivity contribution in [3.63, 3.8) is 0 Å². The molecule has 3 heterocycles. The van der Waals surface area contributed by atoms with Crippen LogP contribution in [0.2, 0.25) is 0 Å². The number of nitrogens with zero attached hydrogens (tertiary/aromatic N) is 2. The molecule has 2 fully saturated rings. The number of aliphatic hydroxyl groups excluding tert-OH is 1. The van der Waals surface area contributed by atoms with Gasteiger partial charge in [-0.05, 0) is 25.0 Å². The normalized spacial score (nSPS) is 26.5. The van der Waals surface area contributed by atoms with Crippen LogP contribution in [0.4, 0.5) is 16.2 Å². The quantitative estimate of drug-likeness (QED) is 0.888. The fraction of sp³-hybridized carbons (Fsp3) is 0.500. The molecule has 0 aromatic heterocycles. The van der Waals surface area contributed by atoms with E-state index in [9.17, 15) is 14.7 Å². The summed E-state index contributed by atoms with van der Waals surface area (Å²) in [6.45, 7) is 0.742. The number of hydrogen-bond acceptors (Lipinski definition) is 5. The molecule has 0 radical (unpaired) electrons. The molecular weight excluding hydrogens is 300 g/mol. The first-order valence-electron chi connectivity index (χ1n) is 7.87. The summed E-state index contributed by atoms with van der Waals surface area (Å²) < 4.78 is 10.9. The molecule has 7 nitrogen and oxygen atoms in total. The van der Waals surface area contributed by atoms with Crippen LogP contribution in [0.1, 0.15) is 19.3 Å². The Morgan fingerprint density at radius 3 is 2.91 bits per heavy atom. The van der Waals surface area contributed by atoms with E-state index >= 15 is 0 Å². The van der Waals surface area contributed by atoms with Gasteiger partial charge in [-0.15, -0.1) is 0 Å². The minimum absolute atomic E-state index is 0.116. The molecule has 2 amide bonds. The van der Waals surface area contributed by atoms with Crippen LogP contribution in [0.3, 0.4) is 0 Å². The van der Waals surface area contributed by atoms with Crippen LogP contribution in [0, 0.1) is 0 Å². The van der Waals surface area contributed by atoms with E-state index in [1.165, 1.54) is 4.90 Å². The van der Waals surface area contributed by atoms with E-state index in [0.717, 1.165) is 18.5 Å². The van der Waals surface area contributed by atoms with Gasteiger partial charge >= 0.3 is 6.09 Å². The second-order valence-electron chi connectivity index (χ2n) is 6.01. The number of carbonyl (C=O) groups excluding carboxylic acids is 2. The maximum Gasteiger partial charge on any atom is 0.415 e. The number of amides is 2. The molecule has 0 saturated carbocycles. The van der Waals surface area contributed by atoms with Crippen LogP contribution in [-0.2, 0) is 9.53 Å². The number of cyclic esters (lactones) is 1. The van der Waals surface area contributed by atoms with Gasteiger partial charge in [0.05, 0.1) is 12.3 Å². The van der Waals surface area contributed by atoms with Crippen molar-refractivity contribution in [2.75, 3.05) is 29.6 Å². The number of carbonyl (C=O) groups is 2. The first-order valence-corrected chi connectivity index (χ1v) is 7.87. The molecule has 3 aliphatic heterocycles. The molecule has 3 aliphatic rings. The second kappa shape index (κ2) is 5.42. The van der Waals surface area contributed by atoms with Gasteiger partial charge in [0, 0.05) is 24.7 Å². The summed E-state index contributed by atoms with van der Waals surface area (Å²) in [5.41, 5.74) is 1.41. The van der Waals surface area contributed by atoms with Crippen LogP contribution in [0.5, 0.6) is 5.75 Å². The van der Waals surface area contributed by atoms with Crippen molar-refractivity contribution in [1.82, 2.24) is 0 Å². The fourth-order valence-electron chi connectivity index (χ4n) is 3.42. The molecule has 122 valence electrons. The molecule has 0 aliphatic carbocycles. The molecule has 1 aromatic carbocycles. The zero-order chi connectivity index (χ0) is 16.0. The van der Waals surface area contributed by atoms with E-state index in [4.69, 9.17) is 9.47 Å². The topological polar surface area (TPSA) is 79.3 Å². The van der Waals surface area contributed by atoms with Crippen molar-refractivity contribution < 1.29 is 24.2 Å². The summed E-state index contributed by atoms with van der Waals surface area (Å²) >= 11 is 0. The Balaban J connectivity index is 1.66. The Labute approximate surface area is 133 Å². The van der Waals surface area contributed by atoms with Crippen LogP contribution < -0.4 is 14.5 Å². The van der Waals surface area contributed by atoms with Crippen molar-refractivity contribution in [2.45, 2.75) is 31.4 Å². The van der Waals surface area contributed by atoms with Crippen molar-refractivity contribution in [1.29, 1.82) is 0 Å². The summed E-state index contributed by atoms with van der Waals surface area (Å²) in [6, 6.07) is 5.09. The van der Waals surface area contributed by atoms with E-state index in [1.54, 1.807) is 17.0 Å². The third-order valence-electron chi connectivity index (χ3n) is 4.64. The van der Waals surface area contributed by atoms with Gasteiger partial charge in [0.2, 0.25) is 5.91 Å². The first kappa shape index (κ1) is 14.3. The van der Waals surface area contributed by atoms with Crippen LogP contribution in [0.15, 0.2) is 18.2 Å². The Kier molecular flexibility index (Phi) is 3.37. The molecule has 2 atom stereocenters. The predicted molar refractivity (Wildman–Crippen MR) is 81.8 cm³/mol. The number of aliphatic hydroxyl groups is 1. The third-order valence-corrected chi connectivity index (χ3v) is 4.64. The van der Waals surface area contributed by atoms with Gasteiger partial charge in [-0.2, -0.15) is 0 Å². The van der Waals surface area contributed by atoms with Crippen molar-refractivity contribution in [2.24, 2.45) is 0 Å². The van der Waals surface area contributed by atoms with E-state index < -0.39 is 12.2 Å². The fourth-order valence-corrected chi connectivity index (χ4v) is 3.42. The van der Waals surface area contributed by atoms with E-state index in [0.29, 0.717) is 24.4 Å². The highest BCUT2D eigenvalue weighted by Gasteiger charge is 2.46. The zero-order valence-corrected chi connectivity index (χ0v) is 12.6. The molecular formula is C16H18N2O5. The number of ether oxygens (including phenoxy) is 2. The largest absolute Gasteiger partial charge is 0.489 e. The zero-order valence-electron chi connectivity index (χ0n) is 12.6. The average molecular weight is 318 g/mol. The number of hydrogen-bond donors (Lipinski definition) is 1. The monoisotopic (exact) mass is 318 g/mol. The summed E-state index contributed by atoms with van der Waals surface area (Å²) in [5.74, 6) is 0.679. The Bertz CT molecular complexity index is 662. The second-order valence-corrected chi connectivity index (χ2v) is 6.01. The van der Waals surface area contributed by atoms with Gasteiger partial charge in [-0.25, -0.2) is 4.79 Å². The molecule has 2 saturated heterocycles. The van der Waals surface area contributed by atoms with Gasteiger partial charge in [0.15, 0.2) is 6.10 Å². The SMILES string of the molecule is O=C1CCCCN1c1ccc2c(c1)OC[C@H]1[C@H](CO)OC(=O)N21. The number of piperidine rings is 1. The van der Waals surface area contributed by atoms with E-state index in [-0.39, 0.29) is 25.2 Å². The summed E-state index contributed by atoms with van der Waals surface area (Å²) in [4.78, 5) is 27.4. The number of anilines is 2. The van der Waals surface area contributed by atoms with Crippen LogP contribution in [0.25, 0.3) is 0 Å². The lowest BCUT2D eigenvalue weighted by atomic mass is 10.1. The van der Waals surface area contributed by atoms with Gasteiger partial charge in [-0.1, -0.05) is 0 Å². The Morgan fingerprint density at radius 1 is 1.26 bits per heavy atom. The van der Waals surface area contributed by atoms with Gasteiger partial charge < -0.3 is 19.5 Å². The van der Waals surface area contributed by atoms with Gasteiger partial charge in [0.25, 0.3) is 0 Å². The number of rotatable bonds is 2. The number of benzene rings is 1. The molecule has 0 spiro atoms. The Morgan fingerprint density at radius 2 is 2.13 bits per heavy atom. The van der Waals surface area contributed by atoms with Crippen molar-refractivity contribution in [3.8, 4) is 5.75 Å². The molecule has 4 rings (SSSR count). The average Bonchev–Trinajstić information content (AvgIpc) is 2.91. The smallest absolute Gasteiger partial charge is 0.415 e.